The molecule has 0 radical (unpaired) electrons. The predicted molar refractivity (Wildman–Crippen MR) is 174 cm³/mol. The number of piperidine rings is 2. The number of aromatic nitrogens is 4. The van der Waals surface area contributed by atoms with E-state index in [1.54, 1.807) is 47.9 Å². The van der Waals surface area contributed by atoms with Crippen LogP contribution in [0.25, 0.3) is 10.9 Å². The lowest BCUT2D eigenvalue weighted by Crippen LogP contribution is -2.52. The van der Waals surface area contributed by atoms with E-state index in [2.05, 4.69) is 31.0 Å². The van der Waals surface area contributed by atoms with Gasteiger partial charge in [0.15, 0.2) is 5.82 Å². The third-order valence-electron chi connectivity index (χ3n) is 9.27. The lowest BCUT2D eigenvalue weighted by molar-refractivity contribution is -0.178. The Labute approximate surface area is 277 Å². The van der Waals surface area contributed by atoms with Crippen LogP contribution in [0.2, 0.25) is 5.02 Å². The SMILES string of the molecule is CN1C(=O)Cc2cc(Nc3nc(N4CC[C@H](Nc5ccc6c([C@H]7CCC(=O)NC7=O)nn(C)c6c5)[C@H](C(F)(F)F)C4)ncc3Cl)ccc21. The molecule has 2 aromatic carbocycles. The Morgan fingerprint density at radius 1 is 1.04 bits per heavy atom. The average Bonchev–Trinajstić information content (AvgIpc) is 3.51. The Kier molecular flexibility index (Phi) is 7.89. The highest BCUT2D eigenvalue weighted by molar-refractivity contribution is 6.33. The molecular formula is C32H31ClF3N9O3. The Balaban J connectivity index is 1.08. The summed E-state index contributed by atoms with van der Waals surface area (Å²) in [6.45, 7) is -0.116. The number of aryl methyl sites for hydroxylation is 1. The van der Waals surface area contributed by atoms with Gasteiger partial charge in [-0.15, -0.1) is 0 Å². The van der Waals surface area contributed by atoms with Gasteiger partial charge in [0.1, 0.15) is 5.02 Å². The van der Waals surface area contributed by atoms with E-state index in [1.807, 2.05) is 12.1 Å². The van der Waals surface area contributed by atoms with Gasteiger partial charge in [-0.05, 0) is 54.8 Å². The molecule has 3 amide bonds. The molecule has 12 nitrogen and oxygen atoms in total. The van der Waals surface area contributed by atoms with Gasteiger partial charge in [-0.2, -0.15) is 23.3 Å². The third kappa shape index (κ3) is 5.86. The van der Waals surface area contributed by atoms with Gasteiger partial charge in [-0.25, -0.2) is 4.98 Å². The van der Waals surface area contributed by atoms with Crippen molar-refractivity contribution in [1.29, 1.82) is 0 Å². The molecule has 2 saturated heterocycles. The second kappa shape index (κ2) is 12.0. The first kappa shape index (κ1) is 31.7. The summed E-state index contributed by atoms with van der Waals surface area (Å²) in [5.41, 5.74) is 3.96. The van der Waals surface area contributed by atoms with Crippen molar-refractivity contribution in [3.8, 4) is 0 Å². The molecular weight excluding hydrogens is 651 g/mol. The van der Waals surface area contributed by atoms with E-state index in [1.165, 1.54) is 11.1 Å². The Hall–Kier alpha value is -4.92. The molecule has 5 heterocycles. The van der Waals surface area contributed by atoms with Crippen molar-refractivity contribution >= 4 is 69.1 Å². The van der Waals surface area contributed by atoms with Crippen LogP contribution in [0.15, 0.2) is 42.6 Å². The number of nitrogens with one attached hydrogen (secondary N) is 3. The number of fused-ring (bicyclic) bond motifs is 2. The molecule has 48 heavy (non-hydrogen) atoms. The van der Waals surface area contributed by atoms with Gasteiger partial charge in [0, 0.05) is 62.1 Å². The van der Waals surface area contributed by atoms with E-state index in [0.717, 1.165) is 11.3 Å². The first-order chi connectivity index (χ1) is 22.9. The molecule has 2 fully saturated rings. The molecule has 4 aromatic rings. The van der Waals surface area contributed by atoms with Crippen molar-refractivity contribution in [1.82, 2.24) is 25.1 Å². The number of hydrogen-bond acceptors (Lipinski definition) is 9. The zero-order chi connectivity index (χ0) is 33.9. The molecule has 0 unspecified atom stereocenters. The van der Waals surface area contributed by atoms with Crippen LogP contribution in [-0.2, 0) is 27.9 Å². The maximum absolute atomic E-state index is 14.5. The zero-order valence-corrected chi connectivity index (χ0v) is 26.7. The normalized spacial score (nSPS) is 21.5. The lowest BCUT2D eigenvalue weighted by atomic mass is 9.91. The molecule has 0 spiro atoms. The maximum atomic E-state index is 14.5. The van der Waals surface area contributed by atoms with Crippen LogP contribution >= 0.6 is 11.6 Å². The van der Waals surface area contributed by atoms with Crippen LogP contribution in [0.5, 0.6) is 0 Å². The standard InChI is InChI=1S/C32H31ClF3N9O3/c1-43-24-7-4-17(11-16(24)12-27(43)47)39-29-22(33)14-37-31(41-29)45-10-9-23(21(15-45)32(34,35)36)38-18-3-5-19-25(13-18)44(2)42-28(19)20-6-8-26(46)40-30(20)48/h3-5,7,11,13-14,20-21,23,38H,6,8-10,12,15H2,1-2H3,(H,37,39,41)(H,40,46,48)/t20-,21-,23+/m1/s1. The molecule has 3 N–H and O–H groups in total. The molecule has 3 atom stereocenters. The van der Waals surface area contributed by atoms with E-state index in [-0.39, 0.29) is 61.0 Å². The minimum absolute atomic E-state index is 0.0157. The fraction of sp³-hybridized carbons (Fsp3) is 0.375. The van der Waals surface area contributed by atoms with E-state index >= 15 is 0 Å². The van der Waals surface area contributed by atoms with E-state index < -0.39 is 30.0 Å². The number of amides is 3. The monoisotopic (exact) mass is 681 g/mol. The largest absolute Gasteiger partial charge is 0.395 e. The first-order valence-electron chi connectivity index (χ1n) is 15.4. The highest BCUT2D eigenvalue weighted by Crippen LogP contribution is 2.38. The van der Waals surface area contributed by atoms with Gasteiger partial charge in [0.05, 0.1) is 35.7 Å². The summed E-state index contributed by atoms with van der Waals surface area (Å²) in [5.74, 6) is -2.72. The summed E-state index contributed by atoms with van der Waals surface area (Å²) in [6, 6.07) is 9.64. The smallest absolute Gasteiger partial charge is 0.381 e. The predicted octanol–water partition coefficient (Wildman–Crippen LogP) is 4.67. The van der Waals surface area contributed by atoms with Crippen LogP contribution in [0, 0.1) is 5.92 Å². The number of halogens is 4. The second-order valence-corrected chi connectivity index (χ2v) is 12.7. The Morgan fingerprint density at radius 3 is 2.60 bits per heavy atom. The van der Waals surface area contributed by atoms with Gasteiger partial charge in [-0.1, -0.05) is 11.6 Å². The first-order valence-corrected chi connectivity index (χ1v) is 15.8. The quantitative estimate of drug-likeness (QED) is 0.248. The molecule has 0 bridgehead atoms. The van der Waals surface area contributed by atoms with Crippen molar-refractivity contribution in [2.75, 3.05) is 40.6 Å². The minimum atomic E-state index is -4.52. The van der Waals surface area contributed by atoms with Crippen LogP contribution in [0.1, 0.15) is 36.4 Å². The molecule has 16 heteroatoms. The summed E-state index contributed by atoms with van der Waals surface area (Å²) in [4.78, 5) is 48.0. The molecule has 3 aliphatic heterocycles. The number of likely N-dealkylation sites (N-methyl/N-ethyl adjacent to an activating group) is 1. The molecule has 0 saturated carbocycles. The highest BCUT2D eigenvalue weighted by Gasteiger charge is 2.48. The van der Waals surface area contributed by atoms with Gasteiger partial charge < -0.3 is 20.4 Å². The molecule has 0 aliphatic carbocycles. The number of benzene rings is 2. The fourth-order valence-electron chi connectivity index (χ4n) is 6.72. The van der Waals surface area contributed by atoms with Crippen LogP contribution < -0.4 is 25.8 Å². The number of carbonyl (C=O) groups excluding carboxylic acids is 3. The van der Waals surface area contributed by atoms with Crippen molar-refractivity contribution in [2.45, 2.75) is 43.8 Å². The summed E-state index contributed by atoms with van der Waals surface area (Å²) in [6.07, 6.45) is -2.20. The highest BCUT2D eigenvalue weighted by atomic mass is 35.5. The molecule has 3 aliphatic rings. The third-order valence-corrected chi connectivity index (χ3v) is 9.54. The summed E-state index contributed by atoms with van der Waals surface area (Å²) >= 11 is 6.38. The van der Waals surface area contributed by atoms with Crippen LogP contribution in [0.3, 0.4) is 0 Å². The van der Waals surface area contributed by atoms with Gasteiger partial charge >= 0.3 is 6.18 Å². The lowest BCUT2D eigenvalue weighted by Gasteiger charge is -2.40. The number of rotatable bonds is 6. The van der Waals surface area contributed by atoms with Crippen molar-refractivity contribution in [2.24, 2.45) is 13.0 Å². The Bertz CT molecular complexity index is 1970. The molecule has 2 aromatic heterocycles. The molecule has 250 valence electrons. The van der Waals surface area contributed by atoms with Crippen LogP contribution in [-0.4, -0.2) is 69.8 Å². The number of nitrogens with zero attached hydrogens (tertiary/aromatic N) is 6. The summed E-state index contributed by atoms with van der Waals surface area (Å²) < 4.78 is 45.2. The van der Waals surface area contributed by atoms with Crippen molar-refractivity contribution in [3.63, 3.8) is 0 Å². The minimum Gasteiger partial charge on any atom is -0.381 e. The van der Waals surface area contributed by atoms with Gasteiger partial charge in [-0.3, -0.25) is 24.4 Å². The van der Waals surface area contributed by atoms with E-state index in [0.29, 0.717) is 34.4 Å². The number of hydrogen-bond donors (Lipinski definition) is 3. The number of imide groups is 1. The fourth-order valence-corrected chi connectivity index (χ4v) is 6.86. The molecule has 7 rings (SSSR count). The van der Waals surface area contributed by atoms with Crippen molar-refractivity contribution < 1.29 is 27.6 Å². The number of anilines is 5. The maximum Gasteiger partial charge on any atom is 0.395 e. The van der Waals surface area contributed by atoms with Crippen molar-refractivity contribution in [3.05, 3.63) is 58.9 Å². The number of carbonyl (C=O) groups is 3. The Morgan fingerprint density at radius 2 is 1.83 bits per heavy atom. The zero-order valence-electron chi connectivity index (χ0n) is 25.9. The van der Waals surface area contributed by atoms with Gasteiger partial charge in [0.25, 0.3) is 0 Å². The van der Waals surface area contributed by atoms with Crippen LogP contribution in [0.4, 0.5) is 42.0 Å². The summed E-state index contributed by atoms with van der Waals surface area (Å²) in [7, 11) is 3.42. The second-order valence-electron chi connectivity index (χ2n) is 12.3. The summed E-state index contributed by atoms with van der Waals surface area (Å²) in [5, 5.41) is 14.0. The topological polar surface area (TPSA) is 137 Å². The average molecular weight is 682 g/mol. The van der Waals surface area contributed by atoms with E-state index in [9.17, 15) is 27.6 Å². The number of alkyl halides is 3. The van der Waals surface area contributed by atoms with E-state index in [4.69, 9.17) is 11.6 Å². The van der Waals surface area contributed by atoms with Gasteiger partial charge in [0.2, 0.25) is 23.7 Å².